The predicted molar refractivity (Wildman–Crippen MR) is 86.3 cm³/mol. The summed E-state index contributed by atoms with van der Waals surface area (Å²) >= 11 is 6.12. The molecule has 0 spiro atoms. The number of para-hydroxylation sites is 1. The summed E-state index contributed by atoms with van der Waals surface area (Å²) in [4.78, 5) is 0. The standard InChI is InChI=1S/C18H19ClO2/c1-20-17-11-5-10-16(13-6-4-7-14(19)12-13)18(17)21-15-8-2-3-9-15/h4-7,10-12,15H,2-3,8-9H2,1H3. The van der Waals surface area contributed by atoms with E-state index in [2.05, 4.69) is 6.07 Å². The van der Waals surface area contributed by atoms with Crippen molar-refractivity contribution in [2.75, 3.05) is 7.11 Å². The van der Waals surface area contributed by atoms with E-state index in [9.17, 15) is 0 Å². The fourth-order valence-corrected chi connectivity index (χ4v) is 3.04. The maximum atomic E-state index is 6.25. The Labute approximate surface area is 130 Å². The molecule has 0 aromatic heterocycles. The molecule has 0 saturated heterocycles. The van der Waals surface area contributed by atoms with E-state index in [1.165, 1.54) is 12.8 Å². The first-order valence-corrected chi connectivity index (χ1v) is 7.75. The Balaban J connectivity index is 2.02. The maximum Gasteiger partial charge on any atom is 0.169 e. The van der Waals surface area contributed by atoms with Crippen LogP contribution in [0.15, 0.2) is 42.5 Å². The minimum atomic E-state index is 0.291. The Morgan fingerprint density at radius 1 is 1.05 bits per heavy atom. The molecule has 0 atom stereocenters. The largest absolute Gasteiger partial charge is 0.493 e. The van der Waals surface area contributed by atoms with Crippen LogP contribution in [0.3, 0.4) is 0 Å². The average Bonchev–Trinajstić information content (AvgIpc) is 3.00. The van der Waals surface area contributed by atoms with Gasteiger partial charge in [0.2, 0.25) is 0 Å². The zero-order valence-electron chi connectivity index (χ0n) is 12.1. The van der Waals surface area contributed by atoms with Gasteiger partial charge in [0, 0.05) is 10.6 Å². The summed E-state index contributed by atoms with van der Waals surface area (Å²) < 4.78 is 11.7. The van der Waals surface area contributed by atoms with Gasteiger partial charge in [-0.05, 0) is 49.4 Å². The second-order valence-corrected chi connectivity index (χ2v) is 5.81. The first-order valence-electron chi connectivity index (χ1n) is 7.37. The zero-order chi connectivity index (χ0) is 14.7. The maximum absolute atomic E-state index is 6.25. The number of ether oxygens (including phenoxy) is 2. The van der Waals surface area contributed by atoms with Gasteiger partial charge in [-0.2, -0.15) is 0 Å². The van der Waals surface area contributed by atoms with Gasteiger partial charge in [-0.15, -0.1) is 0 Å². The van der Waals surface area contributed by atoms with Crippen molar-refractivity contribution in [2.45, 2.75) is 31.8 Å². The summed E-state index contributed by atoms with van der Waals surface area (Å²) in [5, 5.41) is 0.724. The summed E-state index contributed by atoms with van der Waals surface area (Å²) in [6.45, 7) is 0. The molecule has 1 aliphatic rings. The molecule has 0 radical (unpaired) electrons. The molecule has 3 heteroatoms. The molecule has 0 amide bonds. The van der Waals surface area contributed by atoms with Crippen molar-refractivity contribution in [3.63, 3.8) is 0 Å². The van der Waals surface area contributed by atoms with Gasteiger partial charge >= 0.3 is 0 Å². The van der Waals surface area contributed by atoms with Gasteiger partial charge < -0.3 is 9.47 Å². The Bertz CT molecular complexity index is 618. The Morgan fingerprint density at radius 3 is 2.52 bits per heavy atom. The van der Waals surface area contributed by atoms with Crippen LogP contribution in [0.25, 0.3) is 11.1 Å². The third-order valence-corrected chi connectivity index (χ3v) is 4.16. The minimum absolute atomic E-state index is 0.291. The van der Waals surface area contributed by atoms with Crippen molar-refractivity contribution in [2.24, 2.45) is 0 Å². The van der Waals surface area contributed by atoms with Crippen molar-refractivity contribution >= 4 is 11.6 Å². The normalized spacial score (nSPS) is 15.1. The van der Waals surface area contributed by atoms with E-state index in [0.29, 0.717) is 6.10 Å². The van der Waals surface area contributed by atoms with Gasteiger partial charge in [-0.1, -0.05) is 35.9 Å². The molecule has 2 aromatic rings. The van der Waals surface area contributed by atoms with Crippen LogP contribution in [0.4, 0.5) is 0 Å². The fraction of sp³-hybridized carbons (Fsp3) is 0.333. The van der Waals surface area contributed by atoms with Crippen LogP contribution in [0.5, 0.6) is 11.5 Å². The lowest BCUT2D eigenvalue weighted by Gasteiger charge is -2.19. The number of halogens is 1. The number of methoxy groups -OCH3 is 1. The van der Waals surface area contributed by atoms with Crippen molar-refractivity contribution in [3.05, 3.63) is 47.5 Å². The van der Waals surface area contributed by atoms with Crippen LogP contribution in [-0.4, -0.2) is 13.2 Å². The fourth-order valence-electron chi connectivity index (χ4n) is 2.85. The highest BCUT2D eigenvalue weighted by atomic mass is 35.5. The summed E-state index contributed by atoms with van der Waals surface area (Å²) in [5.74, 6) is 1.61. The van der Waals surface area contributed by atoms with Crippen LogP contribution >= 0.6 is 11.6 Å². The van der Waals surface area contributed by atoms with Crippen LogP contribution in [-0.2, 0) is 0 Å². The monoisotopic (exact) mass is 302 g/mol. The number of hydrogen-bond donors (Lipinski definition) is 0. The number of rotatable bonds is 4. The molecule has 110 valence electrons. The van der Waals surface area contributed by atoms with E-state index < -0.39 is 0 Å². The van der Waals surface area contributed by atoms with Gasteiger partial charge in [-0.3, -0.25) is 0 Å². The lowest BCUT2D eigenvalue weighted by atomic mass is 10.0. The van der Waals surface area contributed by atoms with Gasteiger partial charge in [-0.25, -0.2) is 0 Å². The van der Waals surface area contributed by atoms with Gasteiger partial charge in [0.15, 0.2) is 11.5 Å². The van der Waals surface area contributed by atoms with Crippen LogP contribution in [0, 0.1) is 0 Å². The Morgan fingerprint density at radius 2 is 1.81 bits per heavy atom. The average molecular weight is 303 g/mol. The zero-order valence-corrected chi connectivity index (χ0v) is 12.9. The van der Waals surface area contributed by atoms with Crippen molar-refractivity contribution in [3.8, 4) is 22.6 Å². The van der Waals surface area contributed by atoms with Crippen LogP contribution in [0.2, 0.25) is 5.02 Å². The molecule has 0 heterocycles. The van der Waals surface area contributed by atoms with Crippen LogP contribution in [0.1, 0.15) is 25.7 Å². The topological polar surface area (TPSA) is 18.5 Å². The van der Waals surface area contributed by atoms with E-state index in [1.807, 2.05) is 36.4 Å². The van der Waals surface area contributed by atoms with Crippen molar-refractivity contribution < 1.29 is 9.47 Å². The van der Waals surface area contributed by atoms with Gasteiger partial charge in [0.25, 0.3) is 0 Å². The highest BCUT2D eigenvalue weighted by molar-refractivity contribution is 6.30. The molecule has 2 aromatic carbocycles. The summed E-state index contributed by atoms with van der Waals surface area (Å²) in [6.07, 6.45) is 5.01. The molecule has 21 heavy (non-hydrogen) atoms. The SMILES string of the molecule is COc1cccc(-c2cccc(Cl)c2)c1OC1CCCC1. The van der Waals surface area contributed by atoms with E-state index in [0.717, 1.165) is 40.5 Å². The predicted octanol–water partition coefficient (Wildman–Crippen LogP) is 5.34. The number of benzene rings is 2. The molecular formula is C18H19ClO2. The molecule has 0 bridgehead atoms. The molecule has 1 aliphatic carbocycles. The molecule has 1 fully saturated rings. The first kappa shape index (κ1) is 14.3. The molecule has 0 N–H and O–H groups in total. The van der Waals surface area contributed by atoms with Crippen LogP contribution < -0.4 is 9.47 Å². The quantitative estimate of drug-likeness (QED) is 0.759. The highest BCUT2D eigenvalue weighted by Gasteiger charge is 2.21. The Kier molecular flexibility index (Phi) is 4.35. The molecule has 2 nitrogen and oxygen atoms in total. The number of hydrogen-bond acceptors (Lipinski definition) is 2. The lowest BCUT2D eigenvalue weighted by molar-refractivity contribution is 0.202. The molecule has 1 saturated carbocycles. The van der Waals surface area contributed by atoms with Crippen molar-refractivity contribution in [1.82, 2.24) is 0 Å². The lowest BCUT2D eigenvalue weighted by Crippen LogP contribution is -2.12. The molecular weight excluding hydrogens is 284 g/mol. The Hall–Kier alpha value is -1.67. The molecule has 0 unspecified atom stereocenters. The summed E-state index contributed by atoms with van der Waals surface area (Å²) in [5.41, 5.74) is 2.08. The van der Waals surface area contributed by atoms with E-state index in [4.69, 9.17) is 21.1 Å². The minimum Gasteiger partial charge on any atom is -0.493 e. The highest BCUT2D eigenvalue weighted by Crippen LogP contribution is 2.40. The van der Waals surface area contributed by atoms with Crippen molar-refractivity contribution in [1.29, 1.82) is 0 Å². The second-order valence-electron chi connectivity index (χ2n) is 5.37. The van der Waals surface area contributed by atoms with E-state index in [-0.39, 0.29) is 0 Å². The molecule has 0 aliphatic heterocycles. The van der Waals surface area contributed by atoms with E-state index >= 15 is 0 Å². The third-order valence-electron chi connectivity index (χ3n) is 3.92. The summed E-state index contributed by atoms with van der Waals surface area (Å²) in [6, 6.07) is 13.8. The second kappa shape index (κ2) is 6.40. The third kappa shape index (κ3) is 3.16. The first-order chi connectivity index (χ1) is 10.3. The smallest absolute Gasteiger partial charge is 0.169 e. The van der Waals surface area contributed by atoms with Gasteiger partial charge in [0.1, 0.15) is 0 Å². The van der Waals surface area contributed by atoms with Gasteiger partial charge in [0.05, 0.1) is 13.2 Å². The van der Waals surface area contributed by atoms with E-state index in [1.54, 1.807) is 7.11 Å². The summed E-state index contributed by atoms with van der Waals surface area (Å²) in [7, 11) is 1.68. The molecule has 3 rings (SSSR count).